The van der Waals surface area contributed by atoms with Crippen molar-refractivity contribution in [2.45, 2.75) is 13.3 Å². The molecule has 3 nitrogen and oxygen atoms in total. The Morgan fingerprint density at radius 2 is 2.10 bits per heavy atom. The maximum atomic E-state index is 12.2. The van der Waals surface area contributed by atoms with Crippen molar-refractivity contribution in [3.63, 3.8) is 0 Å². The largest absolute Gasteiger partial charge is 0.398 e. The summed E-state index contributed by atoms with van der Waals surface area (Å²) in [6.45, 7) is 2.46. The molecule has 0 bridgehead atoms. The molecule has 6 heteroatoms. The molecular weight excluding hydrogens is 404 g/mol. The van der Waals surface area contributed by atoms with Gasteiger partial charge in [0.1, 0.15) is 0 Å². The van der Waals surface area contributed by atoms with Crippen molar-refractivity contribution in [3.8, 4) is 0 Å². The average Bonchev–Trinajstić information content (AvgIpc) is 2.79. The molecule has 1 aromatic heterocycles. The van der Waals surface area contributed by atoms with E-state index >= 15 is 0 Å². The van der Waals surface area contributed by atoms with E-state index in [0.717, 1.165) is 20.2 Å². The van der Waals surface area contributed by atoms with Crippen LogP contribution in [0.15, 0.2) is 32.5 Å². The Morgan fingerprint density at radius 1 is 1.35 bits per heavy atom. The number of halogens is 2. The second kappa shape index (κ2) is 6.74. The third kappa shape index (κ3) is 3.84. The van der Waals surface area contributed by atoms with Gasteiger partial charge in [0, 0.05) is 27.1 Å². The first-order valence-corrected chi connectivity index (χ1v) is 8.45. The Morgan fingerprint density at radius 3 is 2.75 bits per heavy atom. The van der Waals surface area contributed by atoms with E-state index in [-0.39, 0.29) is 5.91 Å². The standard InChI is InChI=1S/C14H14Br2N2OS/c1-8-11(6-9(15)7-12(8)17)14(19)18-5-4-10-2-3-13(16)20-10/h2-3,6-7H,4-5,17H2,1H3,(H,18,19). The fourth-order valence-corrected chi connectivity index (χ4v) is 3.77. The van der Waals surface area contributed by atoms with Gasteiger partial charge in [-0.25, -0.2) is 0 Å². The smallest absolute Gasteiger partial charge is 0.251 e. The lowest BCUT2D eigenvalue weighted by Gasteiger charge is -2.10. The van der Waals surface area contributed by atoms with Crippen LogP contribution in [0.2, 0.25) is 0 Å². The van der Waals surface area contributed by atoms with Gasteiger partial charge in [-0.15, -0.1) is 11.3 Å². The van der Waals surface area contributed by atoms with E-state index in [2.05, 4.69) is 43.2 Å². The van der Waals surface area contributed by atoms with E-state index < -0.39 is 0 Å². The van der Waals surface area contributed by atoms with Crippen LogP contribution in [0.4, 0.5) is 5.69 Å². The van der Waals surface area contributed by atoms with E-state index in [9.17, 15) is 4.79 Å². The highest BCUT2D eigenvalue weighted by Gasteiger charge is 2.12. The van der Waals surface area contributed by atoms with Crippen LogP contribution in [0.25, 0.3) is 0 Å². The predicted molar refractivity (Wildman–Crippen MR) is 91.3 cm³/mol. The van der Waals surface area contributed by atoms with E-state index in [0.29, 0.717) is 17.8 Å². The summed E-state index contributed by atoms with van der Waals surface area (Å²) in [5.74, 6) is -0.0916. The van der Waals surface area contributed by atoms with E-state index in [1.807, 2.05) is 13.0 Å². The van der Waals surface area contributed by atoms with Gasteiger partial charge in [-0.3, -0.25) is 4.79 Å². The molecule has 1 amide bonds. The molecule has 0 fully saturated rings. The summed E-state index contributed by atoms with van der Waals surface area (Å²) in [6.07, 6.45) is 0.824. The molecule has 2 aromatic rings. The van der Waals surface area contributed by atoms with Crippen LogP contribution in [-0.2, 0) is 6.42 Å². The number of thiophene rings is 1. The van der Waals surface area contributed by atoms with Crippen molar-refractivity contribution >= 4 is 54.8 Å². The number of nitrogens with one attached hydrogen (secondary N) is 1. The maximum absolute atomic E-state index is 12.2. The Hall–Kier alpha value is -0.850. The third-order valence-corrected chi connectivity index (χ3v) is 5.08. The highest BCUT2D eigenvalue weighted by molar-refractivity contribution is 9.11. The number of nitrogens with two attached hydrogens (primary N) is 1. The summed E-state index contributed by atoms with van der Waals surface area (Å²) in [4.78, 5) is 13.4. The van der Waals surface area contributed by atoms with Crippen LogP contribution in [0.5, 0.6) is 0 Å². The highest BCUT2D eigenvalue weighted by Crippen LogP contribution is 2.23. The summed E-state index contributed by atoms with van der Waals surface area (Å²) in [7, 11) is 0. The molecule has 1 aromatic carbocycles. The molecule has 0 unspecified atom stereocenters. The Bertz CT molecular complexity index is 640. The molecule has 0 aliphatic carbocycles. The Labute approximate surface area is 138 Å². The number of benzene rings is 1. The zero-order valence-electron chi connectivity index (χ0n) is 10.9. The van der Waals surface area contributed by atoms with Crippen LogP contribution in [0.1, 0.15) is 20.8 Å². The topological polar surface area (TPSA) is 55.1 Å². The zero-order chi connectivity index (χ0) is 14.7. The van der Waals surface area contributed by atoms with Gasteiger partial charge in [0.25, 0.3) is 5.91 Å². The van der Waals surface area contributed by atoms with Crippen LogP contribution >= 0.6 is 43.2 Å². The molecule has 2 rings (SSSR count). The second-order valence-corrected chi connectivity index (χ2v) is 7.84. The minimum atomic E-state index is -0.0916. The van der Waals surface area contributed by atoms with E-state index in [1.165, 1.54) is 4.88 Å². The summed E-state index contributed by atoms with van der Waals surface area (Å²) in [5.41, 5.74) is 7.91. The fraction of sp³-hybridized carbons (Fsp3) is 0.214. The van der Waals surface area contributed by atoms with Crippen molar-refractivity contribution in [3.05, 3.63) is 48.5 Å². The number of nitrogen functional groups attached to an aromatic ring is 1. The number of hydrogen-bond donors (Lipinski definition) is 2. The first-order valence-electron chi connectivity index (χ1n) is 6.05. The number of amides is 1. The van der Waals surface area contributed by atoms with Crippen LogP contribution in [0.3, 0.4) is 0 Å². The van der Waals surface area contributed by atoms with Crippen LogP contribution in [0, 0.1) is 6.92 Å². The predicted octanol–water partition coefficient (Wildman–Crippen LogP) is 4.14. The maximum Gasteiger partial charge on any atom is 0.251 e. The summed E-state index contributed by atoms with van der Waals surface area (Å²) in [6, 6.07) is 7.67. The molecule has 106 valence electrons. The molecule has 0 aliphatic rings. The number of carbonyl (C=O) groups is 1. The molecule has 20 heavy (non-hydrogen) atoms. The number of carbonyl (C=O) groups excluding carboxylic acids is 1. The molecule has 0 radical (unpaired) electrons. The van der Waals surface area contributed by atoms with Gasteiger partial charge in [-0.05, 0) is 59.1 Å². The average molecular weight is 418 g/mol. The molecule has 0 spiro atoms. The minimum absolute atomic E-state index is 0.0916. The molecule has 0 saturated heterocycles. The number of anilines is 1. The van der Waals surface area contributed by atoms with Crippen LogP contribution in [-0.4, -0.2) is 12.5 Å². The fourth-order valence-electron chi connectivity index (χ4n) is 1.82. The van der Waals surface area contributed by atoms with Gasteiger partial charge in [0.2, 0.25) is 0 Å². The lowest BCUT2D eigenvalue weighted by Crippen LogP contribution is -2.26. The van der Waals surface area contributed by atoms with Gasteiger partial charge in [-0.1, -0.05) is 15.9 Å². The van der Waals surface area contributed by atoms with Gasteiger partial charge in [-0.2, -0.15) is 0 Å². The van der Waals surface area contributed by atoms with Crippen molar-refractivity contribution < 1.29 is 4.79 Å². The van der Waals surface area contributed by atoms with Crippen LogP contribution < -0.4 is 11.1 Å². The highest BCUT2D eigenvalue weighted by atomic mass is 79.9. The molecule has 0 saturated carbocycles. The SMILES string of the molecule is Cc1c(N)cc(Br)cc1C(=O)NCCc1ccc(Br)s1. The second-order valence-electron chi connectivity index (χ2n) is 4.38. The monoisotopic (exact) mass is 416 g/mol. The van der Waals surface area contributed by atoms with Crippen molar-refractivity contribution in [2.24, 2.45) is 0 Å². The van der Waals surface area contributed by atoms with Crippen molar-refractivity contribution in [1.29, 1.82) is 0 Å². The first kappa shape index (κ1) is 15.5. The van der Waals surface area contributed by atoms with Gasteiger partial charge in [0.15, 0.2) is 0 Å². The normalized spacial score (nSPS) is 10.6. The molecule has 0 aliphatic heterocycles. The number of rotatable bonds is 4. The molecule has 0 atom stereocenters. The minimum Gasteiger partial charge on any atom is -0.398 e. The quantitative estimate of drug-likeness (QED) is 0.734. The zero-order valence-corrected chi connectivity index (χ0v) is 14.9. The van der Waals surface area contributed by atoms with E-state index in [1.54, 1.807) is 23.5 Å². The third-order valence-electron chi connectivity index (χ3n) is 2.94. The van der Waals surface area contributed by atoms with Gasteiger partial charge >= 0.3 is 0 Å². The number of hydrogen-bond acceptors (Lipinski definition) is 3. The Kier molecular flexibility index (Phi) is 5.23. The lowest BCUT2D eigenvalue weighted by molar-refractivity contribution is 0.0953. The summed E-state index contributed by atoms with van der Waals surface area (Å²) < 4.78 is 1.92. The summed E-state index contributed by atoms with van der Waals surface area (Å²) >= 11 is 8.47. The molecule has 1 heterocycles. The lowest BCUT2D eigenvalue weighted by atomic mass is 10.1. The van der Waals surface area contributed by atoms with Gasteiger partial charge in [0.05, 0.1) is 3.79 Å². The van der Waals surface area contributed by atoms with Crippen molar-refractivity contribution in [1.82, 2.24) is 5.32 Å². The van der Waals surface area contributed by atoms with Gasteiger partial charge < -0.3 is 11.1 Å². The summed E-state index contributed by atoms with van der Waals surface area (Å²) in [5, 5.41) is 2.93. The van der Waals surface area contributed by atoms with E-state index in [4.69, 9.17) is 5.73 Å². The Balaban J connectivity index is 1.98. The molecule has 3 N–H and O–H groups in total. The molecular formula is C14H14Br2N2OS. The van der Waals surface area contributed by atoms with Crippen molar-refractivity contribution in [2.75, 3.05) is 12.3 Å². The first-order chi connectivity index (χ1) is 9.47.